The summed E-state index contributed by atoms with van der Waals surface area (Å²) in [4.78, 5) is 12.1. The molecule has 0 aliphatic rings. The first-order valence-electron chi connectivity index (χ1n) is 6.88. The Kier molecular flexibility index (Phi) is 5.60. The molecule has 23 heavy (non-hydrogen) atoms. The van der Waals surface area contributed by atoms with E-state index in [0.29, 0.717) is 27.8 Å². The van der Waals surface area contributed by atoms with Crippen LogP contribution in [0.15, 0.2) is 47.6 Å². The number of carbonyl (C=O) groups is 1. The number of carbonyl (C=O) groups excluding carboxylic acids is 1. The lowest BCUT2D eigenvalue weighted by Crippen LogP contribution is -2.19. The molecule has 0 aliphatic heterocycles. The number of amides is 1. The molecule has 0 radical (unpaired) electrons. The minimum Gasteiger partial charge on any atom is -0.497 e. The Balaban J connectivity index is 2.23. The van der Waals surface area contributed by atoms with Crippen molar-refractivity contribution < 1.29 is 14.3 Å². The van der Waals surface area contributed by atoms with E-state index in [1.54, 1.807) is 63.6 Å². The largest absolute Gasteiger partial charge is 0.497 e. The highest BCUT2D eigenvalue weighted by Gasteiger charge is 2.11. The molecule has 0 aliphatic carbocycles. The highest BCUT2D eigenvalue weighted by molar-refractivity contribution is 6.33. The van der Waals surface area contributed by atoms with Crippen molar-refractivity contribution in [2.75, 3.05) is 14.2 Å². The third-order valence-electron chi connectivity index (χ3n) is 3.24. The van der Waals surface area contributed by atoms with E-state index in [2.05, 4.69) is 10.5 Å². The van der Waals surface area contributed by atoms with Gasteiger partial charge in [0, 0.05) is 5.56 Å². The molecule has 1 N–H and O–H groups in total. The molecule has 0 bridgehead atoms. The van der Waals surface area contributed by atoms with E-state index in [9.17, 15) is 4.79 Å². The summed E-state index contributed by atoms with van der Waals surface area (Å²) in [5.41, 5.74) is 4.17. The van der Waals surface area contributed by atoms with Gasteiger partial charge in [-0.3, -0.25) is 4.79 Å². The van der Waals surface area contributed by atoms with Crippen LogP contribution in [-0.4, -0.2) is 25.8 Å². The molecule has 2 aromatic carbocycles. The number of hydrogen-bond donors (Lipinski definition) is 1. The third kappa shape index (κ3) is 4.02. The summed E-state index contributed by atoms with van der Waals surface area (Å²) in [6.45, 7) is 1.77. The van der Waals surface area contributed by atoms with Gasteiger partial charge in [0.1, 0.15) is 11.5 Å². The van der Waals surface area contributed by atoms with Crippen LogP contribution >= 0.6 is 11.6 Å². The van der Waals surface area contributed by atoms with E-state index in [1.165, 1.54) is 0 Å². The van der Waals surface area contributed by atoms with Gasteiger partial charge in [-0.1, -0.05) is 23.7 Å². The fourth-order valence-electron chi connectivity index (χ4n) is 2.00. The van der Waals surface area contributed by atoms with E-state index >= 15 is 0 Å². The van der Waals surface area contributed by atoms with Gasteiger partial charge in [-0.05, 0) is 37.3 Å². The summed E-state index contributed by atoms with van der Waals surface area (Å²) in [5, 5.41) is 4.49. The number of nitrogens with one attached hydrogen (secondary N) is 1. The van der Waals surface area contributed by atoms with Crippen LogP contribution in [0, 0.1) is 0 Å². The molecule has 0 saturated carbocycles. The lowest BCUT2D eigenvalue weighted by Gasteiger charge is -2.10. The maximum atomic E-state index is 12.1. The molecule has 2 rings (SSSR count). The SMILES string of the molecule is COc1ccc(OC)c(/C(C)=N\NC(=O)c2ccccc2Cl)c1. The minimum atomic E-state index is -0.378. The lowest BCUT2D eigenvalue weighted by atomic mass is 10.1. The van der Waals surface area contributed by atoms with Gasteiger partial charge in [0.25, 0.3) is 5.91 Å². The van der Waals surface area contributed by atoms with Crippen molar-refractivity contribution >= 4 is 23.2 Å². The number of rotatable bonds is 5. The first-order valence-corrected chi connectivity index (χ1v) is 7.26. The fourth-order valence-corrected chi connectivity index (χ4v) is 2.22. The van der Waals surface area contributed by atoms with E-state index in [4.69, 9.17) is 21.1 Å². The molecule has 0 unspecified atom stereocenters. The second-order valence-electron chi connectivity index (χ2n) is 4.68. The van der Waals surface area contributed by atoms with Crippen LogP contribution in [0.2, 0.25) is 5.02 Å². The molecular formula is C17H17ClN2O3. The van der Waals surface area contributed by atoms with Gasteiger partial charge in [0.15, 0.2) is 0 Å². The smallest absolute Gasteiger partial charge is 0.272 e. The standard InChI is InChI=1S/C17H17ClN2O3/c1-11(14-10-12(22-2)8-9-16(14)23-3)19-20-17(21)13-6-4-5-7-15(13)18/h4-10H,1-3H3,(H,20,21)/b19-11-. The van der Waals surface area contributed by atoms with Crippen molar-refractivity contribution in [1.29, 1.82) is 0 Å². The van der Waals surface area contributed by atoms with E-state index in [-0.39, 0.29) is 5.91 Å². The van der Waals surface area contributed by atoms with Crippen molar-refractivity contribution in [2.24, 2.45) is 5.10 Å². The minimum absolute atomic E-state index is 0.364. The van der Waals surface area contributed by atoms with Gasteiger partial charge in [-0.2, -0.15) is 5.10 Å². The Hall–Kier alpha value is -2.53. The molecule has 0 aromatic heterocycles. The Morgan fingerprint density at radius 1 is 1.09 bits per heavy atom. The summed E-state index contributed by atoms with van der Waals surface area (Å²) in [6, 6.07) is 12.1. The molecule has 0 heterocycles. The predicted octanol–water partition coefficient (Wildman–Crippen LogP) is 3.51. The summed E-state index contributed by atoms with van der Waals surface area (Å²) in [7, 11) is 3.15. The van der Waals surface area contributed by atoms with Crippen LogP contribution in [0.4, 0.5) is 0 Å². The average Bonchev–Trinajstić information content (AvgIpc) is 2.59. The van der Waals surface area contributed by atoms with Crippen molar-refractivity contribution in [3.8, 4) is 11.5 Å². The molecule has 1 amide bonds. The molecular weight excluding hydrogens is 316 g/mol. The second kappa shape index (κ2) is 7.65. The van der Waals surface area contributed by atoms with E-state index < -0.39 is 0 Å². The van der Waals surface area contributed by atoms with Crippen LogP contribution < -0.4 is 14.9 Å². The molecule has 0 fully saturated rings. The van der Waals surface area contributed by atoms with Crippen LogP contribution in [0.25, 0.3) is 0 Å². The van der Waals surface area contributed by atoms with Crippen molar-refractivity contribution in [2.45, 2.75) is 6.92 Å². The quantitative estimate of drug-likeness (QED) is 0.673. The normalized spacial score (nSPS) is 11.0. The zero-order valence-electron chi connectivity index (χ0n) is 13.1. The van der Waals surface area contributed by atoms with Gasteiger partial charge in [-0.25, -0.2) is 5.43 Å². The van der Waals surface area contributed by atoms with Gasteiger partial charge in [-0.15, -0.1) is 0 Å². The first kappa shape index (κ1) is 16.8. The number of methoxy groups -OCH3 is 2. The fraction of sp³-hybridized carbons (Fsp3) is 0.176. The maximum absolute atomic E-state index is 12.1. The Bertz CT molecular complexity index is 744. The topological polar surface area (TPSA) is 59.9 Å². The molecule has 5 nitrogen and oxygen atoms in total. The highest BCUT2D eigenvalue weighted by atomic mass is 35.5. The number of nitrogens with zero attached hydrogens (tertiary/aromatic N) is 1. The van der Waals surface area contributed by atoms with E-state index in [1.807, 2.05) is 0 Å². The zero-order valence-corrected chi connectivity index (χ0v) is 13.8. The molecule has 6 heteroatoms. The number of ether oxygens (including phenoxy) is 2. The Morgan fingerprint density at radius 3 is 2.48 bits per heavy atom. The predicted molar refractivity (Wildman–Crippen MR) is 90.7 cm³/mol. The maximum Gasteiger partial charge on any atom is 0.272 e. The Labute approximate surface area is 139 Å². The monoisotopic (exact) mass is 332 g/mol. The molecule has 0 saturated heterocycles. The molecule has 0 spiro atoms. The van der Waals surface area contributed by atoms with Gasteiger partial charge < -0.3 is 9.47 Å². The zero-order chi connectivity index (χ0) is 16.8. The van der Waals surface area contributed by atoms with Gasteiger partial charge >= 0.3 is 0 Å². The van der Waals surface area contributed by atoms with Crippen molar-refractivity contribution in [3.63, 3.8) is 0 Å². The van der Waals surface area contributed by atoms with Crippen molar-refractivity contribution in [1.82, 2.24) is 5.43 Å². The summed E-state index contributed by atoms with van der Waals surface area (Å²) >= 11 is 5.99. The third-order valence-corrected chi connectivity index (χ3v) is 3.57. The van der Waals surface area contributed by atoms with Crippen LogP contribution in [0.3, 0.4) is 0 Å². The first-order chi connectivity index (χ1) is 11.1. The summed E-state index contributed by atoms with van der Waals surface area (Å²) in [6.07, 6.45) is 0. The molecule has 0 atom stereocenters. The van der Waals surface area contributed by atoms with Crippen molar-refractivity contribution in [3.05, 3.63) is 58.6 Å². The van der Waals surface area contributed by atoms with E-state index in [0.717, 1.165) is 5.56 Å². The lowest BCUT2D eigenvalue weighted by molar-refractivity contribution is 0.0955. The molecule has 2 aromatic rings. The van der Waals surface area contributed by atoms with Gasteiger partial charge in [0.05, 0.1) is 30.5 Å². The van der Waals surface area contributed by atoms with Crippen LogP contribution in [0.1, 0.15) is 22.8 Å². The Morgan fingerprint density at radius 2 is 1.83 bits per heavy atom. The van der Waals surface area contributed by atoms with Crippen LogP contribution in [-0.2, 0) is 0 Å². The highest BCUT2D eigenvalue weighted by Crippen LogP contribution is 2.24. The van der Waals surface area contributed by atoms with Crippen LogP contribution in [0.5, 0.6) is 11.5 Å². The number of hydrogen-bond acceptors (Lipinski definition) is 4. The second-order valence-corrected chi connectivity index (χ2v) is 5.09. The summed E-state index contributed by atoms with van der Waals surface area (Å²) < 4.78 is 10.5. The average molecular weight is 333 g/mol. The molecule has 120 valence electrons. The number of hydrazone groups is 1. The van der Waals surface area contributed by atoms with Gasteiger partial charge in [0.2, 0.25) is 0 Å². The summed E-state index contributed by atoms with van der Waals surface area (Å²) in [5.74, 6) is 0.934. The number of halogens is 1. The number of benzene rings is 2.